The van der Waals surface area contributed by atoms with Crippen LogP contribution in [0.2, 0.25) is 0 Å². The van der Waals surface area contributed by atoms with Gasteiger partial charge < -0.3 is 4.74 Å². The van der Waals surface area contributed by atoms with Gasteiger partial charge in [0.25, 0.3) is 0 Å². The van der Waals surface area contributed by atoms with E-state index < -0.39 is 0 Å². The molecule has 2 aromatic rings. The molecule has 2 aromatic carbocycles. The van der Waals surface area contributed by atoms with Crippen LogP contribution < -0.4 is 0 Å². The monoisotopic (exact) mass is 306 g/mol. The summed E-state index contributed by atoms with van der Waals surface area (Å²) < 4.78 is 5.27. The molecule has 23 heavy (non-hydrogen) atoms. The fraction of sp³-hybridized carbons (Fsp3) is 0.190. The number of hydrogen-bond donors (Lipinski definition) is 0. The Morgan fingerprint density at radius 3 is 2.35 bits per heavy atom. The molecule has 0 N–H and O–H groups in total. The van der Waals surface area contributed by atoms with Gasteiger partial charge in [-0.2, -0.15) is 0 Å². The minimum atomic E-state index is -0.266. The van der Waals surface area contributed by atoms with Crippen LogP contribution in [0.4, 0.5) is 0 Å². The van der Waals surface area contributed by atoms with E-state index in [1.807, 2.05) is 43.3 Å². The highest BCUT2D eigenvalue weighted by atomic mass is 16.5. The van der Waals surface area contributed by atoms with Crippen LogP contribution in [0, 0.1) is 0 Å². The molecule has 0 radical (unpaired) electrons. The maximum absolute atomic E-state index is 11.8. The number of benzene rings is 2. The molecule has 0 heterocycles. The summed E-state index contributed by atoms with van der Waals surface area (Å²) in [5, 5.41) is 0. The third-order valence-electron chi connectivity index (χ3n) is 3.45. The van der Waals surface area contributed by atoms with Crippen LogP contribution in [0.3, 0.4) is 0 Å². The van der Waals surface area contributed by atoms with Gasteiger partial charge in [0.1, 0.15) is 0 Å². The minimum absolute atomic E-state index is 0.266. The van der Waals surface area contributed by atoms with Gasteiger partial charge in [0.05, 0.1) is 12.2 Å². The Morgan fingerprint density at radius 1 is 1.00 bits per heavy atom. The van der Waals surface area contributed by atoms with Crippen molar-refractivity contribution in [3.63, 3.8) is 0 Å². The van der Waals surface area contributed by atoms with E-state index in [1.54, 1.807) is 12.1 Å². The molecule has 0 fully saturated rings. The van der Waals surface area contributed by atoms with Crippen molar-refractivity contribution in [1.82, 2.24) is 0 Å². The second-order valence-electron chi connectivity index (χ2n) is 5.38. The summed E-state index contributed by atoms with van der Waals surface area (Å²) in [6, 6.07) is 19.4. The second-order valence-corrected chi connectivity index (χ2v) is 5.38. The van der Waals surface area contributed by atoms with Crippen molar-refractivity contribution in [2.24, 2.45) is 0 Å². The molecule has 0 unspecified atom stereocenters. The lowest BCUT2D eigenvalue weighted by Gasteiger charge is -2.04. The van der Waals surface area contributed by atoms with E-state index in [9.17, 15) is 4.79 Å². The highest BCUT2D eigenvalue weighted by molar-refractivity contribution is 5.89. The van der Waals surface area contributed by atoms with E-state index in [0.717, 1.165) is 12.8 Å². The summed E-state index contributed by atoms with van der Waals surface area (Å²) >= 11 is 0. The van der Waals surface area contributed by atoms with Gasteiger partial charge in [-0.05, 0) is 31.0 Å². The van der Waals surface area contributed by atoms with E-state index in [1.165, 1.54) is 11.1 Å². The lowest BCUT2D eigenvalue weighted by atomic mass is 10.1. The van der Waals surface area contributed by atoms with Crippen LogP contribution in [0.15, 0.2) is 84.5 Å². The summed E-state index contributed by atoms with van der Waals surface area (Å²) in [7, 11) is 0. The maximum Gasteiger partial charge on any atom is 0.338 e. The fourth-order valence-electron chi connectivity index (χ4n) is 2.10. The van der Waals surface area contributed by atoms with Crippen LogP contribution in [-0.4, -0.2) is 12.6 Å². The first-order valence-electron chi connectivity index (χ1n) is 7.84. The SMILES string of the molecule is C/C(=C\C=C\Cc1ccccc1)CCOC(=O)c1ccccc1. The third kappa shape index (κ3) is 6.35. The van der Waals surface area contributed by atoms with Crippen molar-refractivity contribution in [3.8, 4) is 0 Å². The van der Waals surface area contributed by atoms with E-state index >= 15 is 0 Å². The molecular formula is C21H22O2. The molecular weight excluding hydrogens is 284 g/mol. The zero-order valence-corrected chi connectivity index (χ0v) is 13.4. The summed E-state index contributed by atoms with van der Waals surface area (Å²) in [6.07, 6.45) is 7.93. The van der Waals surface area contributed by atoms with Crippen LogP contribution in [-0.2, 0) is 11.2 Å². The zero-order chi connectivity index (χ0) is 16.3. The third-order valence-corrected chi connectivity index (χ3v) is 3.45. The van der Waals surface area contributed by atoms with Gasteiger partial charge in [-0.3, -0.25) is 0 Å². The van der Waals surface area contributed by atoms with Crippen molar-refractivity contribution in [2.75, 3.05) is 6.61 Å². The Labute approximate surface area is 138 Å². The number of hydrogen-bond acceptors (Lipinski definition) is 2. The van der Waals surface area contributed by atoms with Crippen molar-refractivity contribution in [1.29, 1.82) is 0 Å². The van der Waals surface area contributed by atoms with Gasteiger partial charge in [0, 0.05) is 6.42 Å². The van der Waals surface area contributed by atoms with E-state index in [2.05, 4.69) is 30.4 Å². The Balaban J connectivity index is 1.70. The first-order chi connectivity index (χ1) is 11.3. The molecule has 0 saturated heterocycles. The Morgan fingerprint density at radius 2 is 1.65 bits per heavy atom. The number of esters is 1. The number of carbonyl (C=O) groups is 1. The lowest BCUT2D eigenvalue weighted by Crippen LogP contribution is -2.06. The number of allylic oxidation sites excluding steroid dienone is 3. The molecule has 0 aromatic heterocycles. The first-order valence-corrected chi connectivity index (χ1v) is 7.84. The predicted molar refractivity (Wildman–Crippen MR) is 94.4 cm³/mol. The topological polar surface area (TPSA) is 26.3 Å². The predicted octanol–water partition coefficient (Wildman–Crippen LogP) is 4.98. The normalized spacial score (nSPS) is 11.6. The molecule has 0 saturated carbocycles. The molecule has 0 spiro atoms. The maximum atomic E-state index is 11.8. The van der Waals surface area contributed by atoms with E-state index in [0.29, 0.717) is 12.2 Å². The molecule has 0 aliphatic heterocycles. The van der Waals surface area contributed by atoms with E-state index in [4.69, 9.17) is 4.74 Å². The Kier molecular flexibility index (Phi) is 6.86. The van der Waals surface area contributed by atoms with Crippen molar-refractivity contribution >= 4 is 5.97 Å². The summed E-state index contributed by atoms with van der Waals surface area (Å²) in [5.74, 6) is -0.266. The van der Waals surface area contributed by atoms with Crippen LogP contribution in [0.25, 0.3) is 0 Å². The highest BCUT2D eigenvalue weighted by Gasteiger charge is 2.04. The van der Waals surface area contributed by atoms with Gasteiger partial charge in [-0.15, -0.1) is 0 Å². The largest absolute Gasteiger partial charge is 0.462 e. The molecule has 0 amide bonds. The number of rotatable bonds is 7. The number of ether oxygens (including phenoxy) is 1. The Bertz CT molecular complexity index is 655. The lowest BCUT2D eigenvalue weighted by molar-refractivity contribution is 0.0509. The second kappa shape index (κ2) is 9.42. The van der Waals surface area contributed by atoms with Gasteiger partial charge in [0.15, 0.2) is 0 Å². The quantitative estimate of drug-likeness (QED) is 0.533. The molecule has 118 valence electrons. The van der Waals surface area contributed by atoms with Crippen LogP contribution in [0.5, 0.6) is 0 Å². The summed E-state index contributed by atoms with van der Waals surface area (Å²) in [4.78, 5) is 11.8. The van der Waals surface area contributed by atoms with Gasteiger partial charge in [-0.1, -0.05) is 72.3 Å². The van der Waals surface area contributed by atoms with Gasteiger partial charge in [0.2, 0.25) is 0 Å². The molecule has 2 rings (SSSR count). The molecule has 0 aliphatic rings. The van der Waals surface area contributed by atoms with Gasteiger partial charge >= 0.3 is 5.97 Å². The minimum Gasteiger partial charge on any atom is -0.462 e. The van der Waals surface area contributed by atoms with Crippen molar-refractivity contribution < 1.29 is 9.53 Å². The van der Waals surface area contributed by atoms with Crippen LogP contribution >= 0.6 is 0 Å². The molecule has 0 bridgehead atoms. The van der Waals surface area contributed by atoms with Crippen molar-refractivity contribution in [3.05, 3.63) is 95.6 Å². The number of carbonyl (C=O) groups excluding carboxylic acids is 1. The average Bonchev–Trinajstić information content (AvgIpc) is 2.60. The smallest absolute Gasteiger partial charge is 0.338 e. The standard InChI is InChI=1S/C21H22O2/c1-18(10-8-9-13-19-11-4-2-5-12-19)16-17-23-21(22)20-14-6-3-7-15-20/h2-12,14-15H,13,16-17H2,1H3/b9-8+,18-10+. The Hall–Kier alpha value is -2.61. The van der Waals surface area contributed by atoms with E-state index in [-0.39, 0.29) is 5.97 Å². The van der Waals surface area contributed by atoms with Crippen molar-refractivity contribution in [2.45, 2.75) is 19.8 Å². The zero-order valence-electron chi connectivity index (χ0n) is 13.4. The molecule has 2 heteroatoms. The molecule has 0 aliphatic carbocycles. The fourth-order valence-corrected chi connectivity index (χ4v) is 2.10. The summed E-state index contributed by atoms with van der Waals surface area (Å²) in [5.41, 5.74) is 3.08. The van der Waals surface area contributed by atoms with Gasteiger partial charge in [-0.25, -0.2) is 4.79 Å². The highest BCUT2D eigenvalue weighted by Crippen LogP contribution is 2.05. The average molecular weight is 306 g/mol. The first kappa shape index (κ1) is 16.8. The molecule has 2 nitrogen and oxygen atoms in total. The van der Waals surface area contributed by atoms with Crippen LogP contribution in [0.1, 0.15) is 29.3 Å². The molecule has 0 atom stereocenters. The summed E-state index contributed by atoms with van der Waals surface area (Å²) in [6.45, 7) is 2.45.